The Labute approximate surface area is 133 Å². The van der Waals surface area contributed by atoms with Gasteiger partial charge in [-0.05, 0) is 42.5 Å². The Morgan fingerprint density at radius 1 is 1.04 bits per heavy atom. The number of rotatable bonds is 3. The number of nitrogens with one attached hydrogen (secondary N) is 2. The summed E-state index contributed by atoms with van der Waals surface area (Å²) in [5.41, 5.74) is 3.60. The molecule has 0 aliphatic heterocycles. The molecule has 0 spiro atoms. The van der Waals surface area contributed by atoms with Gasteiger partial charge in [-0.3, -0.25) is 9.97 Å². The monoisotopic (exact) mass is 304 g/mol. The van der Waals surface area contributed by atoms with Gasteiger partial charge in [-0.15, -0.1) is 0 Å². The fourth-order valence-corrected chi connectivity index (χ4v) is 2.80. The van der Waals surface area contributed by atoms with Crippen LogP contribution in [0.5, 0.6) is 0 Å². The molecule has 1 aliphatic carbocycles. The van der Waals surface area contributed by atoms with Crippen LogP contribution in [0.15, 0.2) is 55.0 Å². The second-order valence-electron chi connectivity index (χ2n) is 5.70. The van der Waals surface area contributed by atoms with Crippen molar-refractivity contribution in [2.45, 2.75) is 18.8 Å². The number of hydrogen-bond donors (Lipinski definition) is 2. The van der Waals surface area contributed by atoms with Crippen molar-refractivity contribution in [3.63, 3.8) is 0 Å². The summed E-state index contributed by atoms with van der Waals surface area (Å²) in [6, 6.07) is 11.4. The zero-order valence-corrected chi connectivity index (χ0v) is 12.5. The minimum atomic E-state index is -0.281. The van der Waals surface area contributed by atoms with Gasteiger partial charge in [0.2, 0.25) is 0 Å². The summed E-state index contributed by atoms with van der Waals surface area (Å²) in [5.74, 6) is 0.511. The number of hydrogen-bond acceptors (Lipinski definition) is 3. The van der Waals surface area contributed by atoms with E-state index in [0.29, 0.717) is 11.6 Å². The van der Waals surface area contributed by atoms with Crippen molar-refractivity contribution in [2.75, 3.05) is 10.6 Å². The molecule has 0 bridgehead atoms. The van der Waals surface area contributed by atoms with Crippen LogP contribution < -0.4 is 10.6 Å². The Morgan fingerprint density at radius 3 is 2.70 bits per heavy atom. The van der Waals surface area contributed by atoms with Crippen molar-refractivity contribution < 1.29 is 4.79 Å². The largest absolute Gasteiger partial charge is 0.323 e. The first-order chi connectivity index (χ1) is 11.3. The topological polar surface area (TPSA) is 66.9 Å². The Morgan fingerprint density at radius 2 is 1.91 bits per heavy atom. The number of benzene rings is 1. The maximum absolute atomic E-state index is 12.2. The van der Waals surface area contributed by atoms with E-state index in [1.165, 1.54) is 5.56 Å². The molecule has 2 amide bonds. The summed E-state index contributed by atoms with van der Waals surface area (Å²) >= 11 is 0. The van der Waals surface area contributed by atoms with E-state index in [1.807, 2.05) is 18.2 Å². The quantitative estimate of drug-likeness (QED) is 0.763. The first kappa shape index (κ1) is 13.7. The molecule has 0 saturated heterocycles. The Bertz CT molecular complexity index is 859. The lowest BCUT2D eigenvalue weighted by Crippen LogP contribution is -2.20. The van der Waals surface area contributed by atoms with E-state index >= 15 is 0 Å². The third kappa shape index (κ3) is 2.85. The smallest absolute Gasteiger partial charge is 0.306 e. The molecular formula is C18H16N4O. The van der Waals surface area contributed by atoms with E-state index in [0.717, 1.165) is 29.4 Å². The molecule has 2 N–H and O–H groups in total. The third-order valence-electron chi connectivity index (χ3n) is 3.97. The molecule has 0 unspecified atom stereocenters. The summed E-state index contributed by atoms with van der Waals surface area (Å²) in [4.78, 5) is 20.7. The number of fused-ring (bicyclic) bond motifs is 1. The first-order valence-corrected chi connectivity index (χ1v) is 7.67. The van der Waals surface area contributed by atoms with Crippen LogP contribution in [0.25, 0.3) is 10.9 Å². The fraction of sp³-hybridized carbons (Fsp3) is 0.167. The Hall–Kier alpha value is -2.95. The van der Waals surface area contributed by atoms with Crippen molar-refractivity contribution >= 4 is 28.3 Å². The molecule has 23 heavy (non-hydrogen) atoms. The number of carbonyl (C=O) groups excluding carboxylic acids is 1. The molecule has 1 aliphatic rings. The zero-order chi connectivity index (χ0) is 15.6. The van der Waals surface area contributed by atoms with Crippen LogP contribution in [0.2, 0.25) is 0 Å². The van der Waals surface area contributed by atoms with Gasteiger partial charge in [-0.1, -0.05) is 18.2 Å². The maximum Gasteiger partial charge on any atom is 0.323 e. The molecule has 2 heterocycles. The molecule has 1 fully saturated rings. The number of aromatic nitrogens is 2. The van der Waals surface area contributed by atoms with Gasteiger partial charge in [-0.25, -0.2) is 4.79 Å². The summed E-state index contributed by atoms with van der Waals surface area (Å²) < 4.78 is 0. The van der Waals surface area contributed by atoms with E-state index in [9.17, 15) is 4.79 Å². The van der Waals surface area contributed by atoms with E-state index in [2.05, 4.69) is 26.7 Å². The van der Waals surface area contributed by atoms with Crippen molar-refractivity contribution in [1.82, 2.24) is 9.97 Å². The Balaban J connectivity index is 1.63. The first-order valence-electron chi connectivity index (χ1n) is 7.67. The second kappa shape index (κ2) is 5.68. The van der Waals surface area contributed by atoms with E-state index in [4.69, 9.17) is 0 Å². The highest BCUT2D eigenvalue weighted by atomic mass is 16.2. The number of pyridine rings is 2. The maximum atomic E-state index is 12.2. The van der Waals surface area contributed by atoms with Crippen LogP contribution >= 0.6 is 0 Å². The van der Waals surface area contributed by atoms with Crippen molar-refractivity contribution in [3.05, 3.63) is 60.6 Å². The van der Waals surface area contributed by atoms with Crippen LogP contribution in [-0.4, -0.2) is 16.0 Å². The minimum Gasteiger partial charge on any atom is -0.306 e. The highest BCUT2D eigenvalue weighted by Crippen LogP contribution is 2.46. The number of urea groups is 1. The van der Waals surface area contributed by atoms with Gasteiger partial charge >= 0.3 is 6.03 Å². The average molecular weight is 304 g/mol. The van der Waals surface area contributed by atoms with Crippen LogP contribution in [0.1, 0.15) is 24.3 Å². The molecule has 5 nitrogen and oxygen atoms in total. The van der Waals surface area contributed by atoms with Crippen LogP contribution in [0.3, 0.4) is 0 Å². The van der Waals surface area contributed by atoms with Crippen LogP contribution in [0, 0.1) is 0 Å². The van der Waals surface area contributed by atoms with Gasteiger partial charge in [0.1, 0.15) is 0 Å². The standard InChI is InChI=1S/C18H16N4O/c23-18(21-13-4-3-9-19-10-13)22-16-11-20-15-6-2-1-5-14(15)17(16)12-7-8-12/h1-6,9-12H,7-8H2,(H2,21,22,23). The molecule has 1 aromatic carbocycles. The lowest BCUT2D eigenvalue weighted by atomic mass is 10.0. The number of amides is 2. The molecule has 4 rings (SSSR count). The molecule has 0 atom stereocenters. The van der Waals surface area contributed by atoms with E-state index in [-0.39, 0.29) is 6.03 Å². The number of carbonyl (C=O) groups is 1. The number of nitrogens with zero attached hydrogens (tertiary/aromatic N) is 2. The van der Waals surface area contributed by atoms with Gasteiger partial charge < -0.3 is 10.6 Å². The molecule has 0 radical (unpaired) electrons. The van der Waals surface area contributed by atoms with Gasteiger partial charge in [0, 0.05) is 11.6 Å². The number of anilines is 2. The number of para-hydroxylation sites is 1. The van der Waals surface area contributed by atoms with E-state index in [1.54, 1.807) is 30.7 Å². The lowest BCUT2D eigenvalue weighted by molar-refractivity contribution is 0.262. The molecule has 114 valence electrons. The SMILES string of the molecule is O=C(Nc1cccnc1)Nc1cnc2ccccc2c1C1CC1. The molecule has 3 aromatic rings. The van der Waals surface area contributed by atoms with Crippen molar-refractivity contribution in [1.29, 1.82) is 0 Å². The predicted octanol–water partition coefficient (Wildman–Crippen LogP) is 4.15. The zero-order valence-electron chi connectivity index (χ0n) is 12.5. The molecular weight excluding hydrogens is 288 g/mol. The Kier molecular flexibility index (Phi) is 3.38. The van der Waals surface area contributed by atoms with Crippen molar-refractivity contribution in [3.8, 4) is 0 Å². The average Bonchev–Trinajstić information content (AvgIpc) is 3.40. The molecule has 1 saturated carbocycles. The van der Waals surface area contributed by atoms with Gasteiger partial charge in [0.05, 0.1) is 29.3 Å². The van der Waals surface area contributed by atoms with Crippen LogP contribution in [0.4, 0.5) is 16.2 Å². The minimum absolute atomic E-state index is 0.281. The normalized spacial score (nSPS) is 13.7. The van der Waals surface area contributed by atoms with E-state index < -0.39 is 0 Å². The summed E-state index contributed by atoms with van der Waals surface area (Å²) in [5, 5.41) is 6.84. The lowest BCUT2D eigenvalue weighted by Gasteiger charge is -2.13. The van der Waals surface area contributed by atoms with Crippen LogP contribution in [-0.2, 0) is 0 Å². The highest BCUT2D eigenvalue weighted by Gasteiger charge is 2.28. The summed E-state index contributed by atoms with van der Waals surface area (Å²) in [6.45, 7) is 0. The van der Waals surface area contributed by atoms with Gasteiger partial charge in [0.25, 0.3) is 0 Å². The van der Waals surface area contributed by atoms with Crippen molar-refractivity contribution in [2.24, 2.45) is 0 Å². The fourth-order valence-electron chi connectivity index (χ4n) is 2.80. The summed E-state index contributed by atoms with van der Waals surface area (Å²) in [7, 11) is 0. The second-order valence-corrected chi connectivity index (χ2v) is 5.70. The van der Waals surface area contributed by atoms with Gasteiger partial charge in [0.15, 0.2) is 0 Å². The molecule has 5 heteroatoms. The van der Waals surface area contributed by atoms with Gasteiger partial charge in [-0.2, -0.15) is 0 Å². The highest BCUT2D eigenvalue weighted by molar-refractivity contribution is 6.02. The summed E-state index contributed by atoms with van der Waals surface area (Å²) in [6.07, 6.45) is 7.35. The third-order valence-corrected chi connectivity index (χ3v) is 3.97. The predicted molar refractivity (Wildman–Crippen MR) is 90.6 cm³/mol. The molecule has 2 aromatic heterocycles.